The van der Waals surface area contributed by atoms with Gasteiger partial charge in [-0.15, -0.1) is 11.8 Å². The van der Waals surface area contributed by atoms with Gasteiger partial charge in [0, 0.05) is 12.2 Å². The second-order valence-corrected chi connectivity index (χ2v) is 6.38. The second kappa shape index (κ2) is 4.27. The van der Waals surface area contributed by atoms with Crippen LogP contribution in [0.4, 0.5) is 0 Å². The van der Waals surface area contributed by atoms with Crippen molar-refractivity contribution in [3.63, 3.8) is 0 Å². The molecule has 0 radical (unpaired) electrons. The zero-order valence-corrected chi connectivity index (χ0v) is 11.4. The number of benzene rings is 1. The minimum atomic E-state index is -0.906. The van der Waals surface area contributed by atoms with Crippen molar-refractivity contribution >= 4 is 23.6 Å². The first-order valence-electron chi connectivity index (χ1n) is 6.31. The number of hydrogen-bond acceptors (Lipinski definition) is 3. The van der Waals surface area contributed by atoms with Gasteiger partial charge >= 0.3 is 5.97 Å². The van der Waals surface area contributed by atoms with Crippen LogP contribution in [0, 0.1) is 6.92 Å². The van der Waals surface area contributed by atoms with Gasteiger partial charge in [0.25, 0.3) is 0 Å². The van der Waals surface area contributed by atoms with Crippen LogP contribution in [0.3, 0.4) is 0 Å². The van der Waals surface area contributed by atoms with Crippen LogP contribution in [-0.2, 0) is 14.5 Å². The number of carbonyl (C=O) groups is 2. The van der Waals surface area contributed by atoms with E-state index in [0.29, 0.717) is 18.6 Å². The Morgan fingerprint density at radius 1 is 1.42 bits per heavy atom. The smallest absolute Gasteiger partial charge is 0.327 e. The maximum absolute atomic E-state index is 12.1. The molecule has 2 aliphatic rings. The van der Waals surface area contributed by atoms with E-state index in [0.717, 1.165) is 11.1 Å². The summed E-state index contributed by atoms with van der Waals surface area (Å²) >= 11 is 1.58. The van der Waals surface area contributed by atoms with Gasteiger partial charge in [0.2, 0.25) is 5.91 Å². The molecule has 0 aliphatic carbocycles. The lowest BCUT2D eigenvalue weighted by Gasteiger charge is -2.33. The fourth-order valence-electron chi connectivity index (χ4n) is 2.94. The van der Waals surface area contributed by atoms with Crippen molar-refractivity contribution in [2.45, 2.75) is 30.7 Å². The molecule has 1 aromatic carbocycles. The van der Waals surface area contributed by atoms with Crippen LogP contribution < -0.4 is 0 Å². The second-order valence-electron chi connectivity index (χ2n) is 5.08. The Kier molecular flexibility index (Phi) is 2.82. The summed E-state index contributed by atoms with van der Waals surface area (Å²) in [5.74, 6) is -0.482. The molecule has 1 N–H and O–H groups in total. The predicted octanol–water partition coefficient (Wildman–Crippen LogP) is 1.97. The number of thioether (sulfide) groups is 1. The van der Waals surface area contributed by atoms with Crippen LogP contribution >= 0.6 is 11.8 Å². The highest BCUT2D eigenvalue weighted by atomic mass is 32.2. The summed E-state index contributed by atoms with van der Waals surface area (Å²) in [6.07, 6.45) is 1.13. The van der Waals surface area contributed by atoms with E-state index in [1.165, 1.54) is 0 Å². The van der Waals surface area contributed by atoms with Gasteiger partial charge in [-0.3, -0.25) is 4.79 Å². The molecule has 3 rings (SSSR count). The van der Waals surface area contributed by atoms with Gasteiger partial charge < -0.3 is 10.0 Å². The van der Waals surface area contributed by atoms with Crippen LogP contribution in [0.5, 0.6) is 0 Å². The Morgan fingerprint density at radius 2 is 2.11 bits per heavy atom. The van der Waals surface area contributed by atoms with Gasteiger partial charge in [0.1, 0.15) is 10.9 Å². The largest absolute Gasteiger partial charge is 0.480 e. The number of carboxylic acids is 1. The molecule has 2 fully saturated rings. The van der Waals surface area contributed by atoms with E-state index in [2.05, 4.69) is 0 Å². The molecule has 4 nitrogen and oxygen atoms in total. The third kappa shape index (κ3) is 1.75. The van der Waals surface area contributed by atoms with Gasteiger partial charge in [0.15, 0.2) is 0 Å². The molecule has 2 atom stereocenters. The van der Waals surface area contributed by atoms with E-state index in [4.69, 9.17) is 0 Å². The Balaban J connectivity index is 2.05. The van der Waals surface area contributed by atoms with Crippen molar-refractivity contribution in [3.8, 4) is 0 Å². The minimum Gasteiger partial charge on any atom is -0.480 e. The van der Waals surface area contributed by atoms with Crippen molar-refractivity contribution in [3.05, 3.63) is 35.4 Å². The van der Waals surface area contributed by atoms with E-state index < -0.39 is 16.9 Å². The average molecular weight is 277 g/mol. The highest BCUT2D eigenvalue weighted by molar-refractivity contribution is 8.00. The van der Waals surface area contributed by atoms with Crippen molar-refractivity contribution < 1.29 is 14.7 Å². The molecule has 100 valence electrons. The maximum atomic E-state index is 12.1. The molecule has 2 aliphatic heterocycles. The third-order valence-electron chi connectivity index (χ3n) is 3.91. The maximum Gasteiger partial charge on any atom is 0.327 e. The summed E-state index contributed by atoms with van der Waals surface area (Å²) in [6, 6.07) is 7.36. The molecular formula is C14H15NO3S. The van der Waals surface area contributed by atoms with E-state index in [-0.39, 0.29) is 5.91 Å². The fourth-order valence-corrected chi connectivity index (χ4v) is 4.58. The summed E-state index contributed by atoms with van der Waals surface area (Å²) in [5, 5.41) is 9.28. The van der Waals surface area contributed by atoms with E-state index >= 15 is 0 Å². The number of carboxylic acid groups (broad SMARTS) is 1. The van der Waals surface area contributed by atoms with E-state index in [1.807, 2.05) is 31.2 Å². The molecule has 2 heterocycles. The molecule has 0 saturated carbocycles. The summed E-state index contributed by atoms with van der Waals surface area (Å²) in [7, 11) is 0. The van der Waals surface area contributed by atoms with Crippen LogP contribution in [0.15, 0.2) is 24.3 Å². The molecule has 1 aromatic rings. The van der Waals surface area contributed by atoms with E-state index in [1.54, 1.807) is 16.7 Å². The number of amides is 1. The number of rotatable bonds is 2. The molecule has 1 amide bonds. The van der Waals surface area contributed by atoms with Crippen molar-refractivity contribution in [2.24, 2.45) is 0 Å². The topological polar surface area (TPSA) is 57.6 Å². The van der Waals surface area contributed by atoms with Gasteiger partial charge in [-0.25, -0.2) is 4.79 Å². The lowest BCUT2D eigenvalue weighted by molar-refractivity contribution is -0.148. The Bertz CT molecular complexity index is 542. The van der Waals surface area contributed by atoms with Crippen molar-refractivity contribution in [1.82, 2.24) is 4.90 Å². The predicted molar refractivity (Wildman–Crippen MR) is 72.8 cm³/mol. The van der Waals surface area contributed by atoms with Crippen LogP contribution in [0.1, 0.15) is 24.0 Å². The van der Waals surface area contributed by atoms with Gasteiger partial charge in [0.05, 0.1) is 0 Å². The Morgan fingerprint density at radius 3 is 2.74 bits per heavy atom. The zero-order chi connectivity index (χ0) is 13.6. The standard InChI is InChI=1S/C14H15NO3S/c1-9-2-4-10(5-3-9)14-7-6-12(16)15(14)11(8-19-14)13(17)18/h2-5,11H,6-8H2,1H3,(H,17,18)/t11-,14+/m0/s1. The summed E-state index contributed by atoms with van der Waals surface area (Å²) < 4.78 is 0. The summed E-state index contributed by atoms with van der Waals surface area (Å²) in [4.78, 5) is 24.5. The van der Waals surface area contributed by atoms with Gasteiger partial charge in [-0.1, -0.05) is 29.8 Å². The Labute approximate surface area is 115 Å². The van der Waals surface area contributed by atoms with Crippen molar-refractivity contribution in [2.75, 3.05) is 5.75 Å². The number of nitrogens with zero attached hydrogens (tertiary/aromatic N) is 1. The molecule has 0 aromatic heterocycles. The monoisotopic (exact) mass is 277 g/mol. The number of hydrogen-bond donors (Lipinski definition) is 1. The van der Waals surface area contributed by atoms with Crippen molar-refractivity contribution in [1.29, 1.82) is 0 Å². The minimum absolute atomic E-state index is 0.0435. The normalized spacial score (nSPS) is 29.6. The third-order valence-corrected chi connectivity index (χ3v) is 5.51. The molecule has 0 unspecified atom stereocenters. The fraction of sp³-hybridized carbons (Fsp3) is 0.429. The van der Waals surface area contributed by atoms with Crippen LogP contribution in [-0.4, -0.2) is 33.7 Å². The van der Waals surface area contributed by atoms with Crippen LogP contribution in [0.2, 0.25) is 0 Å². The number of aliphatic carboxylic acids is 1. The first-order valence-corrected chi connectivity index (χ1v) is 7.29. The quantitative estimate of drug-likeness (QED) is 0.898. The van der Waals surface area contributed by atoms with Gasteiger partial charge in [-0.05, 0) is 18.9 Å². The first-order chi connectivity index (χ1) is 9.04. The van der Waals surface area contributed by atoms with Gasteiger partial charge in [-0.2, -0.15) is 0 Å². The molecular weight excluding hydrogens is 262 g/mol. The molecule has 5 heteroatoms. The molecule has 0 spiro atoms. The lowest BCUT2D eigenvalue weighted by atomic mass is 10.0. The lowest BCUT2D eigenvalue weighted by Crippen LogP contribution is -2.45. The highest BCUT2D eigenvalue weighted by Crippen LogP contribution is 2.54. The average Bonchev–Trinajstić information content (AvgIpc) is 2.90. The molecule has 2 saturated heterocycles. The van der Waals surface area contributed by atoms with Crippen LogP contribution in [0.25, 0.3) is 0 Å². The number of aryl methyl sites for hydroxylation is 1. The Hall–Kier alpha value is -1.49. The zero-order valence-electron chi connectivity index (χ0n) is 10.6. The SMILES string of the molecule is Cc1ccc([C@]23CCC(=O)N2[C@H](C(=O)O)CS3)cc1. The highest BCUT2D eigenvalue weighted by Gasteiger charge is 2.56. The summed E-state index contributed by atoms with van der Waals surface area (Å²) in [5.41, 5.74) is 2.20. The molecule has 0 bridgehead atoms. The first kappa shape index (κ1) is 12.5. The number of fused-ring (bicyclic) bond motifs is 1. The summed E-state index contributed by atoms with van der Waals surface area (Å²) in [6.45, 7) is 2.01. The number of carbonyl (C=O) groups excluding carboxylic acids is 1. The van der Waals surface area contributed by atoms with E-state index in [9.17, 15) is 14.7 Å². The molecule has 19 heavy (non-hydrogen) atoms.